The van der Waals surface area contributed by atoms with Crippen LogP contribution in [-0.2, 0) is 0 Å². The van der Waals surface area contributed by atoms with Gasteiger partial charge in [0.05, 0.1) is 19.3 Å². The molecule has 2 N–H and O–H groups in total. The number of nitrogens with one attached hydrogen (secondary N) is 1. The van der Waals surface area contributed by atoms with Gasteiger partial charge in [0.2, 0.25) is 0 Å². The normalized spacial score (nSPS) is 14.2. The Morgan fingerprint density at radius 3 is 2.38 bits per heavy atom. The fourth-order valence-electron chi connectivity index (χ4n) is 1.76. The topological polar surface area (TPSA) is 41.5 Å². The van der Waals surface area contributed by atoms with E-state index in [1.807, 2.05) is 31.2 Å². The molecule has 16 heavy (non-hydrogen) atoms. The molecular formula is C13H21NO2. The Balaban J connectivity index is 2.70. The predicted octanol–water partition coefficient (Wildman–Crippen LogP) is 2.66. The number of aliphatic hydroxyl groups excluding tert-OH is 1. The Hall–Kier alpha value is -1.22. The van der Waals surface area contributed by atoms with Gasteiger partial charge >= 0.3 is 0 Å². The maximum absolute atomic E-state index is 9.39. The molecule has 0 aliphatic carbocycles. The lowest BCUT2D eigenvalue weighted by Crippen LogP contribution is -2.38. The largest absolute Gasteiger partial charge is 0.497 e. The van der Waals surface area contributed by atoms with Crippen LogP contribution in [0.25, 0.3) is 0 Å². The average Bonchev–Trinajstić information content (AvgIpc) is 2.30. The maximum atomic E-state index is 9.39. The summed E-state index contributed by atoms with van der Waals surface area (Å²) in [5.74, 6) is 0.840. The van der Waals surface area contributed by atoms with Crippen LogP contribution < -0.4 is 10.1 Å². The average molecular weight is 223 g/mol. The predicted molar refractivity (Wildman–Crippen MR) is 67.0 cm³/mol. The molecule has 0 bridgehead atoms. The Morgan fingerprint density at radius 2 is 1.94 bits per heavy atom. The van der Waals surface area contributed by atoms with Gasteiger partial charge in [0.15, 0.2) is 0 Å². The van der Waals surface area contributed by atoms with Gasteiger partial charge < -0.3 is 15.2 Å². The van der Waals surface area contributed by atoms with E-state index in [0.717, 1.165) is 24.3 Å². The molecule has 0 saturated heterocycles. The summed E-state index contributed by atoms with van der Waals surface area (Å²) in [6.45, 7) is 4.28. The number of rotatable bonds is 6. The van der Waals surface area contributed by atoms with E-state index >= 15 is 0 Å². The molecule has 1 atom stereocenters. The molecule has 0 heterocycles. The fourth-order valence-corrected chi connectivity index (χ4v) is 1.76. The van der Waals surface area contributed by atoms with Crippen LogP contribution in [0.4, 0.5) is 5.69 Å². The fraction of sp³-hybridized carbons (Fsp3) is 0.538. The van der Waals surface area contributed by atoms with E-state index in [1.54, 1.807) is 7.11 Å². The van der Waals surface area contributed by atoms with Gasteiger partial charge in [-0.25, -0.2) is 0 Å². The van der Waals surface area contributed by atoms with Crippen molar-refractivity contribution in [1.82, 2.24) is 0 Å². The molecule has 0 spiro atoms. The smallest absolute Gasteiger partial charge is 0.119 e. The van der Waals surface area contributed by atoms with Crippen LogP contribution in [0, 0.1) is 0 Å². The summed E-state index contributed by atoms with van der Waals surface area (Å²) in [5, 5.41) is 12.7. The van der Waals surface area contributed by atoms with Crippen LogP contribution >= 0.6 is 0 Å². The lowest BCUT2D eigenvalue weighted by molar-refractivity contribution is 0.214. The highest BCUT2D eigenvalue weighted by molar-refractivity contribution is 5.48. The number of benzene rings is 1. The summed E-state index contributed by atoms with van der Waals surface area (Å²) in [5.41, 5.74) is 0.759. The summed E-state index contributed by atoms with van der Waals surface area (Å²) in [4.78, 5) is 0. The van der Waals surface area contributed by atoms with E-state index in [1.165, 1.54) is 0 Å². The zero-order valence-corrected chi connectivity index (χ0v) is 10.3. The number of ether oxygens (including phenoxy) is 1. The Labute approximate surface area is 97.4 Å². The first-order valence-electron chi connectivity index (χ1n) is 5.66. The van der Waals surface area contributed by atoms with E-state index in [9.17, 15) is 5.11 Å². The quantitative estimate of drug-likeness (QED) is 0.779. The lowest BCUT2D eigenvalue weighted by atomic mass is 9.97. The number of hydrogen-bond donors (Lipinski definition) is 2. The molecule has 1 rings (SSSR count). The number of hydrogen-bond acceptors (Lipinski definition) is 3. The molecule has 1 aromatic rings. The van der Waals surface area contributed by atoms with Gasteiger partial charge in [-0.1, -0.05) is 13.3 Å². The molecule has 0 saturated carbocycles. The highest BCUT2D eigenvalue weighted by Crippen LogP contribution is 2.21. The van der Waals surface area contributed by atoms with Gasteiger partial charge in [0.25, 0.3) is 0 Å². The van der Waals surface area contributed by atoms with Crippen molar-refractivity contribution in [1.29, 1.82) is 0 Å². The van der Waals surface area contributed by atoms with Crippen molar-refractivity contribution in [3.05, 3.63) is 24.3 Å². The Morgan fingerprint density at radius 1 is 1.31 bits per heavy atom. The van der Waals surface area contributed by atoms with Crippen LogP contribution in [-0.4, -0.2) is 24.4 Å². The third-order valence-corrected chi connectivity index (χ3v) is 2.69. The number of aliphatic hydroxyl groups is 1. The van der Waals surface area contributed by atoms with Crippen LogP contribution in [0.15, 0.2) is 24.3 Å². The maximum Gasteiger partial charge on any atom is 0.119 e. The molecule has 0 aliphatic heterocycles. The summed E-state index contributed by atoms with van der Waals surface area (Å²) >= 11 is 0. The van der Waals surface area contributed by atoms with E-state index in [-0.39, 0.29) is 12.1 Å². The second-order valence-corrected chi connectivity index (χ2v) is 4.32. The Bertz CT molecular complexity index is 310. The molecule has 0 amide bonds. The third kappa shape index (κ3) is 3.42. The molecule has 0 aromatic heterocycles. The van der Waals surface area contributed by atoms with Gasteiger partial charge in [0.1, 0.15) is 5.75 Å². The lowest BCUT2D eigenvalue weighted by Gasteiger charge is -2.29. The highest BCUT2D eigenvalue weighted by atomic mass is 16.5. The molecule has 0 radical (unpaired) electrons. The van der Waals surface area contributed by atoms with Crippen molar-refractivity contribution in [2.45, 2.75) is 32.2 Å². The minimum atomic E-state index is -0.247. The first-order valence-corrected chi connectivity index (χ1v) is 5.66. The summed E-state index contributed by atoms with van der Waals surface area (Å²) in [6, 6.07) is 7.74. The molecular weight excluding hydrogens is 202 g/mol. The van der Waals surface area contributed by atoms with Crippen molar-refractivity contribution in [2.75, 3.05) is 19.0 Å². The SMILES string of the molecule is CCCC(C)(CO)Nc1ccc(OC)cc1. The van der Waals surface area contributed by atoms with Crippen molar-refractivity contribution >= 4 is 5.69 Å². The molecule has 90 valence electrons. The van der Waals surface area contributed by atoms with Crippen LogP contribution in [0.2, 0.25) is 0 Å². The van der Waals surface area contributed by atoms with Gasteiger partial charge in [-0.3, -0.25) is 0 Å². The van der Waals surface area contributed by atoms with E-state index < -0.39 is 0 Å². The summed E-state index contributed by atoms with van der Waals surface area (Å²) in [7, 11) is 1.65. The van der Waals surface area contributed by atoms with Crippen molar-refractivity contribution in [3.63, 3.8) is 0 Å². The monoisotopic (exact) mass is 223 g/mol. The van der Waals surface area contributed by atoms with Crippen LogP contribution in [0.5, 0.6) is 5.75 Å². The molecule has 0 fully saturated rings. The van der Waals surface area contributed by atoms with Crippen molar-refractivity contribution < 1.29 is 9.84 Å². The molecule has 3 nitrogen and oxygen atoms in total. The zero-order chi connectivity index (χ0) is 12.0. The van der Waals surface area contributed by atoms with Gasteiger partial charge in [-0.05, 0) is 37.6 Å². The minimum absolute atomic E-state index is 0.132. The number of anilines is 1. The second-order valence-electron chi connectivity index (χ2n) is 4.32. The minimum Gasteiger partial charge on any atom is -0.497 e. The zero-order valence-electron chi connectivity index (χ0n) is 10.3. The van der Waals surface area contributed by atoms with Gasteiger partial charge in [-0.15, -0.1) is 0 Å². The molecule has 3 heteroatoms. The molecule has 1 unspecified atom stereocenters. The Kier molecular flexibility index (Phi) is 4.62. The second kappa shape index (κ2) is 5.75. The van der Waals surface area contributed by atoms with Gasteiger partial charge in [-0.2, -0.15) is 0 Å². The van der Waals surface area contributed by atoms with Gasteiger partial charge in [0, 0.05) is 5.69 Å². The summed E-state index contributed by atoms with van der Waals surface area (Å²) in [6.07, 6.45) is 1.98. The molecule has 0 aliphatic rings. The molecule has 1 aromatic carbocycles. The standard InChI is InChI=1S/C13H21NO2/c1-4-9-13(2,10-15)14-11-5-7-12(16-3)8-6-11/h5-8,14-15H,4,9-10H2,1-3H3. The van der Waals surface area contributed by atoms with E-state index in [4.69, 9.17) is 4.74 Å². The van der Waals surface area contributed by atoms with E-state index in [0.29, 0.717) is 0 Å². The first kappa shape index (κ1) is 12.8. The van der Waals surface area contributed by atoms with Crippen molar-refractivity contribution in [2.24, 2.45) is 0 Å². The van der Waals surface area contributed by atoms with Crippen LogP contribution in [0.1, 0.15) is 26.7 Å². The third-order valence-electron chi connectivity index (χ3n) is 2.69. The van der Waals surface area contributed by atoms with E-state index in [2.05, 4.69) is 12.2 Å². The highest BCUT2D eigenvalue weighted by Gasteiger charge is 2.21. The first-order chi connectivity index (χ1) is 7.63. The summed E-state index contributed by atoms with van der Waals surface area (Å²) < 4.78 is 5.10. The van der Waals surface area contributed by atoms with Crippen molar-refractivity contribution in [3.8, 4) is 5.75 Å². The number of methoxy groups -OCH3 is 1. The van der Waals surface area contributed by atoms with Crippen LogP contribution in [0.3, 0.4) is 0 Å².